The van der Waals surface area contributed by atoms with Gasteiger partial charge in [-0.15, -0.1) is 0 Å². The van der Waals surface area contributed by atoms with Gasteiger partial charge in [0.1, 0.15) is 5.78 Å². The van der Waals surface area contributed by atoms with E-state index in [-0.39, 0.29) is 29.6 Å². The van der Waals surface area contributed by atoms with Crippen molar-refractivity contribution in [3.8, 4) is 0 Å². The van der Waals surface area contributed by atoms with Crippen LogP contribution >= 0.6 is 11.6 Å². The van der Waals surface area contributed by atoms with Gasteiger partial charge in [0.05, 0.1) is 17.3 Å². The lowest BCUT2D eigenvalue weighted by molar-refractivity contribution is -0.116. The zero-order valence-electron chi connectivity index (χ0n) is 16.5. The number of amides is 1. The molecule has 2 aliphatic carbocycles. The first-order valence-corrected chi connectivity index (χ1v) is 10.5. The Kier molecular flexibility index (Phi) is 4.45. The van der Waals surface area contributed by atoms with E-state index >= 15 is 0 Å². The molecule has 0 bridgehead atoms. The van der Waals surface area contributed by atoms with Gasteiger partial charge < -0.3 is 10.4 Å². The molecule has 2 fully saturated rings. The number of hydrogen-bond acceptors (Lipinski definition) is 4. The van der Waals surface area contributed by atoms with Gasteiger partial charge in [-0.3, -0.25) is 14.7 Å². The summed E-state index contributed by atoms with van der Waals surface area (Å²) in [5.41, 5.74) is 2.04. The zero-order chi connectivity index (χ0) is 21.0. The Morgan fingerprint density at radius 1 is 1.27 bits per heavy atom. The molecule has 5 rings (SSSR count). The number of hydrogen-bond donors (Lipinski definition) is 3. The van der Waals surface area contributed by atoms with Crippen molar-refractivity contribution in [3.05, 3.63) is 64.3 Å². The number of aromatic nitrogens is 2. The molecule has 7 heteroatoms. The van der Waals surface area contributed by atoms with Crippen LogP contribution in [0.4, 0.5) is 0 Å². The van der Waals surface area contributed by atoms with Crippen LogP contribution in [0.15, 0.2) is 42.6 Å². The number of aromatic amines is 1. The van der Waals surface area contributed by atoms with Crippen molar-refractivity contribution < 1.29 is 14.7 Å². The largest absolute Gasteiger partial charge is 0.385 e. The van der Waals surface area contributed by atoms with Crippen LogP contribution in [0.2, 0.25) is 5.02 Å². The Balaban J connectivity index is 1.28. The number of rotatable bonds is 5. The monoisotopic (exact) mass is 423 g/mol. The minimum atomic E-state index is -0.967. The average molecular weight is 424 g/mol. The van der Waals surface area contributed by atoms with E-state index < -0.39 is 5.60 Å². The molecule has 1 heterocycles. The number of benzene rings is 2. The fraction of sp³-hybridized carbons (Fsp3) is 0.348. The first kappa shape index (κ1) is 19.3. The van der Waals surface area contributed by atoms with E-state index in [0.717, 1.165) is 22.0 Å². The molecular weight excluding hydrogens is 402 g/mol. The predicted octanol–water partition coefficient (Wildman–Crippen LogP) is 3.37. The van der Waals surface area contributed by atoms with Crippen molar-refractivity contribution in [1.29, 1.82) is 0 Å². The summed E-state index contributed by atoms with van der Waals surface area (Å²) in [5.74, 6) is 0.403. The van der Waals surface area contributed by atoms with Crippen molar-refractivity contribution in [3.63, 3.8) is 0 Å². The topological polar surface area (TPSA) is 95.1 Å². The highest BCUT2D eigenvalue weighted by atomic mass is 35.5. The number of Topliss-reactive ketones (excluding diaryl/α,β-unsaturated/α-hetero) is 1. The van der Waals surface area contributed by atoms with E-state index in [2.05, 4.69) is 15.5 Å². The maximum Gasteiger partial charge on any atom is 0.251 e. The fourth-order valence-corrected chi connectivity index (χ4v) is 5.26. The van der Waals surface area contributed by atoms with E-state index in [1.165, 1.54) is 6.92 Å². The number of H-pyrrole nitrogens is 1. The van der Waals surface area contributed by atoms with E-state index in [1.807, 2.05) is 12.1 Å². The number of halogens is 1. The smallest absolute Gasteiger partial charge is 0.251 e. The maximum absolute atomic E-state index is 12.7. The number of ketones is 1. The zero-order valence-corrected chi connectivity index (χ0v) is 17.2. The van der Waals surface area contributed by atoms with Crippen molar-refractivity contribution in [2.24, 2.45) is 11.8 Å². The van der Waals surface area contributed by atoms with Gasteiger partial charge in [-0.1, -0.05) is 23.7 Å². The highest BCUT2D eigenvalue weighted by Gasteiger charge is 2.62. The summed E-state index contributed by atoms with van der Waals surface area (Å²) in [6.07, 6.45) is 3.20. The van der Waals surface area contributed by atoms with Crippen LogP contribution < -0.4 is 5.32 Å². The third kappa shape index (κ3) is 3.30. The molecule has 2 aromatic carbocycles. The van der Waals surface area contributed by atoms with Gasteiger partial charge >= 0.3 is 0 Å². The quantitative estimate of drug-likeness (QED) is 0.586. The Hall–Kier alpha value is -2.70. The third-order valence-electron chi connectivity index (χ3n) is 6.44. The van der Waals surface area contributed by atoms with Gasteiger partial charge in [-0.2, -0.15) is 5.10 Å². The maximum atomic E-state index is 12.7. The van der Waals surface area contributed by atoms with Gasteiger partial charge in [-0.05, 0) is 67.0 Å². The Morgan fingerprint density at radius 2 is 2.03 bits per heavy atom. The number of carbonyl (C=O) groups is 2. The summed E-state index contributed by atoms with van der Waals surface area (Å²) in [6, 6.07) is 10.9. The molecule has 3 N–H and O–H groups in total. The van der Waals surface area contributed by atoms with Crippen LogP contribution in [0.25, 0.3) is 10.9 Å². The molecule has 1 amide bonds. The van der Waals surface area contributed by atoms with Crippen LogP contribution in [-0.2, 0) is 16.8 Å². The molecule has 0 spiro atoms. The summed E-state index contributed by atoms with van der Waals surface area (Å²) in [7, 11) is 0. The SMILES string of the molecule is CC(=O)Cc1cccc(C(=O)NC2[C@H]3CC(O)(c4cc(Cl)cc5[nH]ncc45)C[C@@H]23)c1. The summed E-state index contributed by atoms with van der Waals surface area (Å²) in [6.45, 7) is 1.54. The molecule has 6 nitrogen and oxygen atoms in total. The fourth-order valence-electron chi connectivity index (χ4n) is 5.04. The minimum Gasteiger partial charge on any atom is -0.385 e. The second-order valence-corrected chi connectivity index (χ2v) is 9.07. The number of aliphatic hydroxyl groups is 1. The Bertz CT molecular complexity index is 1160. The second kappa shape index (κ2) is 6.93. The molecule has 1 aromatic heterocycles. The lowest BCUT2D eigenvalue weighted by Crippen LogP contribution is -2.33. The molecule has 30 heavy (non-hydrogen) atoms. The molecule has 3 aromatic rings. The van der Waals surface area contributed by atoms with Crippen LogP contribution in [0.3, 0.4) is 0 Å². The Labute approximate surface area is 178 Å². The molecule has 154 valence electrons. The first-order chi connectivity index (χ1) is 14.3. The van der Waals surface area contributed by atoms with E-state index in [1.54, 1.807) is 30.5 Å². The summed E-state index contributed by atoms with van der Waals surface area (Å²) >= 11 is 6.24. The number of nitrogens with one attached hydrogen (secondary N) is 2. The van der Waals surface area contributed by atoms with Gasteiger partial charge in [-0.25, -0.2) is 0 Å². The standard InChI is InChI=1S/C23H22ClN3O3/c1-12(28)5-13-3-2-4-14(6-13)22(29)26-21-16-9-23(30,10-17(16)21)19-7-15(24)8-20-18(19)11-25-27-20/h2-4,6-8,11,16-17,21,30H,5,9-10H2,1H3,(H,25,27)(H,26,29)/t16-,17+,21?,23?. The van der Waals surface area contributed by atoms with Crippen molar-refractivity contribution in [1.82, 2.24) is 15.5 Å². The van der Waals surface area contributed by atoms with E-state index in [4.69, 9.17) is 11.6 Å². The molecule has 0 radical (unpaired) electrons. The highest BCUT2D eigenvalue weighted by molar-refractivity contribution is 6.31. The number of carbonyl (C=O) groups excluding carboxylic acids is 2. The summed E-state index contributed by atoms with van der Waals surface area (Å²) in [4.78, 5) is 24.0. The van der Waals surface area contributed by atoms with Crippen LogP contribution in [0.1, 0.15) is 41.3 Å². The van der Waals surface area contributed by atoms with E-state index in [9.17, 15) is 14.7 Å². The van der Waals surface area contributed by atoms with Gasteiger partial charge in [0.25, 0.3) is 5.91 Å². The normalized spacial score (nSPS) is 27.1. The van der Waals surface area contributed by atoms with Gasteiger partial charge in [0, 0.05) is 28.4 Å². The molecule has 4 atom stereocenters. The highest BCUT2D eigenvalue weighted by Crippen LogP contribution is 2.60. The van der Waals surface area contributed by atoms with E-state index in [0.29, 0.717) is 29.8 Å². The van der Waals surface area contributed by atoms with Gasteiger partial charge in [0.2, 0.25) is 0 Å². The third-order valence-corrected chi connectivity index (χ3v) is 6.66. The first-order valence-electron chi connectivity index (χ1n) is 10.1. The lowest BCUT2D eigenvalue weighted by atomic mass is 9.86. The lowest BCUT2D eigenvalue weighted by Gasteiger charge is -2.27. The minimum absolute atomic E-state index is 0.0632. The molecule has 0 aliphatic heterocycles. The number of nitrogens with zero attached hydrogens (tertiary/aromatic N) is 1. The molecule has 2 saturated carbocycles. The predicted molar refractivity (Wildman–Crippen MR) is 113 cm³/mol. The van der Waals surface area contributed by atoms with Crippen LogP contribution in [0.5, 0.6) is 0 Å². The van der Waals surface area contributed by atoms with Crippen LogP contribution in [0, 0.1) is 11.8 Å². The second-order valence-electron chi connectivity index (χ2n) is 8.63. The van der Waals surface area contributed by atoms with Crippen molar-refractivity contribution in [2.75, 3.05) is 0 Å². The Morgan fingerprint density at radius 3 is 2.77 bits per heavy atom. The van der Waals surface area contributed by atoms with Crippen molar-refractivity contribution in [2.45, 2.75) is 37.8 Å². The summed E-state index contributed by atoms with van der Waals surface area (Å²) in [5, 5.41) is 22.9. The van der Waals surface area contributed by atoms with Crippen molar-refractivity contribution >= 4 is 34.2 Å². The average Bonchev–Trinajstić information content (AvgIpc) is 3.05. The van der Waals surface area contributed by atoms with Gasteiger partial charge in [0.15, 0.2) is 0 Å². The molecule has 2 aliphatic rings. The molecule has 2 unspecified atom stereocenters. The molecular formula is C23H22ClN3O3. The molecule has 0 saturated heterocycles. The number of fused-ring (bicyclic) bond motifs is 2. The van der Waals surface area contributed by atoms with Crippen LogP contribution in [-0.4, -0.2) is 33.0 Å². The summed E-state index contributed by atoms with van der Waals surface area (Å²) < 4.78 is 0.